The van der Waals surface area contributed by atoms with Crippen molar-refractivity contribution in [3.8, 4) is 10.6 Å². The third-order valence-corrected chi connectivity index (χ3v) is 7.48. The van der Waals surface area contributed by atoms with Gasteiger partial charge in [-0.1, -0.05) is 87.1 Å². The molecule has 0 aliphatic heterocycles. The molecule has 3 rings (SSSR count). The zero-order valence-electron chi connectivity index (χ0n) is 20.3. The Balaban J connectivity index is 1.60. The Morgan fingerprint density at radius 1 is 1.12 bits per heavy atom. The van der Waals surface area contributed by atoms with Crippen molar-refractivity contribution in [1.29, 1.82) is 0 Å². The SMILES string of the molecule is CCCC[C@H](CC)C(=O)N(CCC(=O)Nc1nnc(-c2ccc(C)cc2)s1)C1CCCCC1. The summed E-state index contributed by atoms with van der Waals surface area (Å²) in [6.45, 7) is 6.79. The summed E-state index contributed by atoms with van der Waals surface area (Å²) < 4.78 is 0. The second kappa shape index (κ2) is 12.8. The van der Waals surface area contributed by atoms with Crippen molar-refractivity contribution >= 4 is 28.3 Å². The third-order valence-electron chi connectivity index (χ3n) is 6.60. The van der Waals surface area contributed by atoms with Gasteiger partial charge < -0.3 is 10.2 Å². The van der Waals surface area contributed by atoms with Gasteiger partial charge in [-0.05, 0) is 32.6 Å². The van der Waals surface area contributed by atoms with Gasteiger partial charge in [-0.2, -0.15) is 0 Å². The van der Waals surface area contributed by atoms with Gasteiger partial charge in [-0.3, -0.25) is 9.59 Å². The number of aromatic nitrogens is 2. The summed E-state index contributed by atoms with van der Waals surface area (Å²) in [6.07, 6.45) is 9.93. The van der Waals surface area contributed by atoms with Crippen molar-refractivity contribution in [2.45, 2.75) is 91.0 Å². The molecule has 1 aliphatic carbocycles. The van der Waals surface area contributed by atoms with Gasteiger partial charge in [-0.15, -0.1) is 10.2 Å². The monoisotopic (exact) mass is 470 g/mol. The first-order valence-electron chi connectivity index (χ1n) is 12.5. The topological polar surface area (TPSA) is 75.2 Å². The Kier molecular flexibility index (Phi) is 9.85. The zero-order chi connectivity index (χ0) is 23.6. The fraction of sp³-hybridized carbons (Fsp3) is 0.615. The van der Waals surface area contributed by atoms with Crippen LogP contribution in [0.3, 0.4) is 0 Å². The van der Waals surface area contributed by atoms with E-state index in [4.69, 9.17) is 0 Å². The minimum atomic E-state index is -0.114. The number of hydrogen-bond acceptors (Lipinski definition) is 5. The van der Waals surface area contributed by atoms with Crippen LogP contribution >= 0.6 is 11.3 Å². The average Bonchev–Trinajstić information content (AvgIpc) is 3.29. The highest BCUT2D eigenvalue weighted by Gasteiger charge is 2.29. The standard InChI is InChI=1S/C26H38N4O2S/c1-4-6-10-20(5-2)25(32)30(22-11-8-7-9-12-22)18-17-23(31)27-26-29-28-24(33-26)21-15-13-19(3)14-16-21/h13-16,20,22H,4-12,17-18H2,1-3H3,(H,27,29,31)/t20-/m0/s1. The van der Waals surface area contributed by atoms with Crippen LogP contribution in [0.1, 0.15) is 83.6 Å². The number of rotatable bonds is 11. The molecule has 1 aromatic carbocycles. The van der Waals surface area contributed by atoms with Crippen LogP contribution in [0.4, 0.5) is 5.13 Å². The average molecular weight is 471 g/mol. The van der Waals surface area contributed by atoms with Gasteiger partial charge in [0.1, 0.15) is 5.01 Å². The number of nitrogens with zero attached hydrogens (tertiary/aromatic N) is 3. The maximum Gasteiger partial charge on any atom is 0.227 e. The van der Waals surface area contributed by atoms with Gasteiger partial charge in [0.2, 0.25) is 16.9 Å². The molecule has 1 atom stereocenters. The molecular formula is C26H38N4O2S. The van der Waals surface area contributed by atoms with E-state index in [0.717, 1.165) is 49.1 Å². The van der Waals surface area contributed by atoms with E-state index in [-0.39, 0.29) is 30.2 Å². The van der Waals surface area contributed by atoms with Crippen LogP contribution < -0.4 is 5.32 Å². The summed E-state index contributed by atoms with van der Waals surface area (Å²) in [5.41, 5.74) is 2.18. The van der Waals surface area contributed by atoms with E-state index < -0.39 is 0 Å². The lowest BCUT2D eigenvalue weighted by Crippen LogP contribution is -2.45. The third kappa shape index (κ3) is 7.36. The number of benzene rings is 1. The van der Waals surface area contributed by atoms with Crippen LogP contribution in [0.2, 0.25) is 0 Å². The van der Waals surface area contributed by atoms with E-state index in [0.29, 0.717) is 11.7 Å². The molecule has 1 aromatic heterocycles. The lowest BCUT2D eigenvalue weighted by molar-refractivity contribution is -0.139. The molecule has 1 saturated carbocycles. The van der Waals surface area contributed by atoms with Crippen LogP contribution in [0.5, 0.6) is 0 Å². The maximum absolute atomic E-state index is 13.4. The number of carbonyl (C=O) groups is 2. The fourth-order valence-electron chi connectivity index (χ4n) is 4.54. The van der Waals surface area contributed by atoms with Gasteiger partial charge in [0.05, 0.1) is 0 Å². The number of unbranched alkanes of at least 4 members (excludes halogenated alkanes) is 1. The zero-order valence-corrected chi connectivity index (χ0v) is 21.1. The first-order chi connectivity index (χ1) is 16.0. The first kappa shape index (κ1) is 25.3. The Morgan fingerprint density at radius 3 is 2.52 bits per heavy atom. The smallest absolute Gasteiger partial charge is 0.227 e. The van der Waals surface area contributed by atoms with Gasteiger partial charge in [0.25, 0.3) is 0 Å². The number of carbonyl (C=O) groups excluding carboxylic acids is 2. The molecule has 180 valence electrons. The highest BCUT2D eigenvalue weighted by Crippen LogP contribution is 2.28. The normalized spacial score (nSPS) is 15.2. The molecule has 0 unspecified atom stereocenters. The largest absolute Gasteiger partial charge is 0.339 e. The molecule has 1 N–H and O–H groups in total. The van der Waals surface area contributed by atoms with E-state index >= 15 is 0 Å². The maximum atomic E-state index is 13.4. The second-order valence-electron chi connectivity index (χ2n) is 9.15. The Bertz CT molecular complexity index is 890. The Labute approximate surface area is 202 Å². The van der Waals surface area contributed by atoms with Crippen molar-refractivity contribution in [1.82, 2.24) is 15.1 Å². The second-order valence-corrected chi connectivity index (χ2v) is 10.1. The molecule has 6 nitrogen and oxygen atoms in total. The van der Waals surface area contributed by atoms with Gasteiger partial charge in [0.15, 0.2) is 0 Å². The molecule has 0 spiro atoms. The van der Waals surface area contributed by atoms with Crippen LogP contribution in [0.15, 0.2) is 24.3 Å². The minimum Gasteiger partial charge on any atom is -0.339 e. The van der Waals surface area contributed by atoms with E-state index in [1.165, 1.54) is 36.2 Å². The van der Waals surface area contributed by atoms with E-state index in [9.17, 15) is 9.59 Å². The molecule has 2 aromatic rings. The number of nitrogens with one attached hydrogen (secondary N) is 1. The molecule has 33 heavy (non-hydrogen) atoms. The lowest BCUT2D eigenvalue weighted by atomic mass is 9.91. The minimum absolute atomic E-state index is 0.0650. The van der Waals surface area contributed by atoms with E-state index in [1.54, 1.807) is 0 Å². The number of amides is 2. The van der Waals surface area contributed by atoms with Crippen LogP contribution in [0.25, 0.3) is 10.6 Å². The highest BCUT2D eigenvalue weighted by atomic mass is 32.1. The molecule has 0 saturated heterocycles. The summed E-state index contributed by atoms with van der Waals surface area (Å²) >= 11 is 1.37. The quantitative estimate of drug-likeness (QED) is 0.423. The Morgan fingerprint density at radius 2 is 1.85 bits per heavy atom. The lowest BCUT2D eigenvalue weighted by Gasteiger charge is -2.36. The highest BCUT2D eigenvalue weighted by molar-refractivity contribution is 7.18. The molecular weight excluding hydrogens is 432 g/mol. The summed E-state index contributed by atoms with van der Waals surface area (Å²) in [5.74, 6) is 0.190. The summed E-state index contributed by atoms with van der Waals surface area (Å²) in [7, 11) is 0. The Hall–Kier alpha value is -2.28. The summed E-state index contributed by atoms with van der Waals surface area (Å²) in [4.78, 5) is 28.2. The number of hydrogen-bond donors (Lipinski definition) is 1. The fourth-order valence-corrected chi connectivity index (χ4v) is 5.31. The molecule has 1 heterocycles. The molecule has 2 amide bonds. The molecule has 0 bridgehead atoms. The van der Waals surface area contributed by atoms with Crippen molar-refractivity contribution < 1.29 is 9.59 Å². The summed E-state index contributed by atoms with van der Waals surface area (Å²) in [6, 6.07) is 8.37. The molecule has 1 fully saturated rings. The predicted octanol–water partition coefficient (Wildman–Crippen LogP) is 6.22. The predicted molar refractivity (Wildman–Crippen MR) is 135 cm³/mol. The van der Waals surface area contributed by atoms with Crippen molar-refractivity contribution in [2.75, 3.05) is 11.9 Å². The van der Waals surface area contributed by atoms with Gasteiger partial charge in [-0.25, -0.2) is 0 Å². The van der Waals surface area contributed by atoms with Crippen LogP contribution in [-0.4, -0.2) is 39.5 Å². The van der Waals surface area contributed by atoms with Crippen molar-refractivity contribution in [3.05, 3.63) is 29.8 Å². The van der Waals surface area contributed by atoms with Crippen LogP contribution in [-0.2, 0) is 9.59 Å². The summed E-state index contributed by atoms with van der Waals surface area (Å²) in [5, 5.41) is 12.5. The molecule has 1 aliphatic rings. The number of anilines is 1. The van der Waals surface area contributed by atoms with Crippen molar-refractivity contribution in [3.63, 3.8) is 0 Å². The molecule has 0 radical (unpaired) electrons. The van der Waals surface area contributed by atoms with Gasteiger partial charge in [0, 0.05) is 30.5 Å². The van der Waals surface area contributed by atoms with E-state index in [1.807, 2.05) is 36.1 Å². The first-order valence-corrected chi connectivity index (χ1v) is 13.3. The van der Waals surface area contributed by atoms with Crippen LogP contribution in [0, 0.1) is 12.8 Å². The number of aryl methyl sites for hydroxylation is 1. The van der Waals surface area contributed by atoms with Gasteiger partial charge >= 0.3 is 0 Å². The van der Waals surface area contributed by atoms with Crippen molar-refractivity contribution in [2.24, 2.45) is 5.92 Å². The molecule has 7 heteroatoms. The van der Waals surface area contributed by atoms with E-state index in [2.05, 4.69) is 29.4 Å².